The van der Waals surface area contributed by atoms with Crippen molar-refractivity contribution in [2.45, 2.75) is 6.42 Å². The number of hydrogen-bond donors (Lipinski definition) is 0. The Labute approximate surface area is 118 Å². The molecule has 102 valence electrons. The van der Waals surface area contributed by atoms with Gasteiger partial charge in [-0.2, -0.15) is 4.73 Å². The Hall–Kier alpha value is -2.42. The molecule has 0 aliphatic carbocycles. The van der Waals surface area contributed by atoms with Crippen molar-refractivity contribution < 1.29 is 9.57 Å². The lowest BCUT2D eigenvalue weighted by atomic mass is 10.3. The molecule has 0 radical (unpaired) electrons. The van der Waals surface area contributed by atoms with E-state index < -0.39 is 0 Å². The van der Waals surface area contributed by atoms with Crippen LogP contribution in [-0.4, -0.2) is 17.9 Å². The van der Waals surface area contributed by atoms with Gasteiger partial charge < -0.3 is 9.57 Å². The Morgan fingerprint density at radius 1 is 0.800 bits per heavy atom. The molecule has 1 heterocycles. The molecule has 0 aliphatic rings. The van der Waals surface area contributed by atoms with Crippen LogP contribution in [0.5, 0.6) is 5.75 Å². The summed E-state index contributed by atoms with van der Waals surface area (Å²) in [5, 5.41) is 1.19. The van der Waals surface area contributed by atoms with E-state index in [1.807, 2.05) is 53.4 Å². The third kappa shape index (κ3) is 2.94. The number of hydrogen-bond acceptors (Lipinski definition) is 2. The topological polar surface area (TPSA) is 23.4 Å². The Kier molecular flexibility index (Phi) is 3.88. The van der Waals surface area contributed by atoms with Gasteiger partial charge in [0.05, 0.1) is 12.1 Å². The molecule has 0 bridgehead atoms. The molecule has 0 unspecified atom stereocenters. The minimum atomic E-state index is 0.630. The lowest BCUT2D eigenvalue weighted by molar-refractivity contribution is 0.107. The number of benzene rings is 2. The molecule has 3 aromatic rings. The molecular formula is C17H17NO2. The Morgan fingerprint density at radius 3 is 2.50 bits per heavy atom. The zero-order valence-electron chi connectivity index (χ0n) is 11.2. The van der Waals surface area contributed by atoms with Crippen molar-refractivity contribution in [2.75, 3.05) is 13.2 Å². The summed E-state index contributed by atoms with van der Waals surface area (Å²) in [6.07, 6.45) is 2.80. The van der Waals surface area contributed by atoms with Crippen LogP contribution in [0.1, 0.15) is 6.42 Å². The van der Waals surface area contributed by atoms with Crippen molar-refractivity contribution in [3.8, 4) is 5.75 Å². The van der Waals surface area contributed by atoms with Gasteiger partial charge >= 0.3 is 0 Å². The van der Waals surface area contributed by atoms with Gasteiger partial charge in [-0.25, -0.2) is 0 Å². The first-order chi connectivity index (χ1) is 9.93. The van der Waals surface area contributed by atoms with E-state index in [9.17, 15) is 0 Å². The number of para-hydroxylation sites is 2. The van der Waals surface area contributed by atoms with Gasteiger partial charge in [0.25, 0.3) is 0 Å². The summed E-state index contributed by atoms with van der Waals surface area (Å²) in [6.45, 7) is 1.29. The summed E-state index contributed by atoms with van der Waals surface area (Å²) in [4.78, 5) is 5.73. The highest BCUT2D eigenvalue weighted by Crippen LogP contribution is 2.13. The summed E-state index contributed by atoms with van der Waals surface area (Å²) in [7, 11) is 0. The lowest BCUT2D eigenvalue weighted by Crippen LogP contribution is -2.13. The highest BCUT2D eigenvalue weighted by atomic mass is 16.7. The Morgan fingerprint density at radius 2 is 1.60 bits per heavy atom. The first-order valence-corrected chi connectivity index (χ1v) is 6.81. The fraction of sp³-hybridized carbons (Fsp3) is 0.176. The number of aromatic nitrogens is 1. The number of fused-ring (bicyclic) bond motifs is 1. The molecule has 1 aromatic heterocycles. The van der Waals surface area contributed by atoms with Gasteiger partial charge in [0, 0.05) is 18.0 Å². The molecule has 0 aliphatic heterocycles. The number of ether oxygens (including phenoxy) is 1. The molecule has 3 heteroatoms. The van der Waals surface area contributed by atoms with Crippen molar-refractivity contribution in [2.24, 2.45) is 0 Å². The summed E-state index contributed by atoms with van der Waals surface area (Å²) < 4.78 is 7.44. The smallest absolute Gasteiger partial charge is 0.119 e. The second kappa shape index (κ2) is 6.15. The maximum absolute atomic E-state index is 5.73. The lowest BCUT2D eigenvalue weighted by Gasteiger charge is -2.09. The number of nitrogens with zero attached hydrogens (tertiary/aromatic N) is 1. The maximum atomic E-state index is 5.73. The SMILES string of the molecule is c1ccc(OCCCOn2ccc3ccccc32)cc1. The van der Waals surface area contributed by atoms with Crippen LogP contribution in [0.2, 0.25) is 0 Å². The van der Waals surface area contributed by atoms with Crippen molar-refractivity contribution in [3.63, 3.8) is 0 Å². The van der Waals surface area contributed by atoms with Gasteiger partial charge in [0.2, 0.25) is 0 Å². The van der Waals surface area contributed by atoms with Gasteiger partial charge in [0.1, 0.15) is 12.4 Å². The van der Waals surface area contributed by atoms with Gasteiger partial charge in [0.15, 0.2) is 0 Å². The number of rotatable bonds is 6. The molecule has 3 nitrogen and oxygen atoms in total. The van der Waals surface area contributed by atoms with Crippen LogP contribution in [0.15, 0.2) is 66.9 Å². The van der Waals surface area contributed by atoms with Crippen molar-refractivity contribution >= 4 is 10.9 Å². The first-order valence-electron chi connectivity index (χ1n) is 6.81. The molecule has 0 N–H and O–H groups in total. The molecule has 20 heavy (non-hydrogen) atoms. The van der Waals surface area contributed by atoms with E-state index in [-0.39, 0.29) is 0 Å². The van der Waals surface area contributed by atoms with E-state index in [4.69, 9.17) is 9.57 Å². The predicted molar refractivity (Wildman–Crippen MR) is 79.9 cm³/mol. The molecule has 2 aromatic carbocycles. The minimum Gasteiger partial charge on any atom is -0.493 e. The van der Waals surface area contributed by atoms with Gasteiger partial charge in [-0.1, -0.05) is 36.4 Å². The van der Waals surface area contributed by atoms with Crippen LogP contribution >= 0.6 is 0 Å². The molecular weight excluding hydrogens is 250 g/mol. The van der Waals surface area contributed by atoms with Gasteiger partial charge in [-0.15, -0.1) is 0 Å². The summed E-state index contributed by atoms with van der Waals surface area (Å²) >= 11 is 0. The third-order valence-electron chi connectivity index (χ3n) is 3.09. The summed E-state index contributed by atoms with van der Waals surface area (Å²) in [5.41, 5.74) is 1.09. The fourth-order valence-electron chi connectivity index (χ4n) is 2.10. The standard InChI is InChI=1S/C17H17NO2/c1-2-8-16(9-3-1)19-13-6-14-20-18-12-11-15-7-4-5-10-17(15)18/h1-5,7-12H,6,13-14H2. The van der Waals surface area contributed by atoms with Crippen LogP contribution < -0.4 is 9.57 Å². The van der Waals surface area contributed by atoms with Crippen molar-refractivity contribution in [3.05, 3.63) is 66.9 Å². The van der Waals surface area contributed by atoms with Crippen LogP contribution in [0.25, 0.3) is 10.9 Å². The molecule has 3 rings (SSSR count). The summed E-state index contributed by atoms with van der Waals surface area (Å²) in [6, 6.07) is 20.1. The van der Waals surface area contributed by atoms with E-state index in [0.717, 1.165) is 17.7 Å². The second-order valence-corrected chi connectivity index (χ2v) is 4.55. The zero-order chi connectivity index (χ0) is 13.6. The largest absolute Gasteiger partial charge is 0.493 e. The third-order valence-corrected chi connectivity index (χ3v) is 3.09. The van der Waals surface area contributed by atoms with E-state index in [0.29, 0.717) is 13.2 Å². The molecule has 0 amide bonds. The van der Waals surface area contributed by atoms with Crippen LogP contribution in [0.4, 0.5) is 0 Å². The Bertz CT molecular complexity index is 661. The molecule has 0 fully saturated rings. The normalized spacial score (nSPS) is 10.6. The van der Waals surface area contributed by atoms with E-state index in [1.165, 1.54) is 5.39 Å². The fourth-order valence-corrected chi connectivity index (χ4v) is 2.10. The molecule has 0 saturated carbocycles. The quantitative estimate of drug-likeness (QED) is 0.638. The van der Waals surface area contributed by atoms with Crippen molar-refractivity contribution in [1.82, 2.24) is 4.73 Å². The highest BCUT2D eigenvalue weighted by Gasteiger charge is 2.00. The van der Waals surface area contributed by atoms with Crippen LogP contribution in [0, 0.1) is 0 Å². The monoisotopic (exact) mass is 267 g/mol. The van der Waals surface area contributed by atoms with Crippen LogP contribution in [-0.2, 0) is 0 Å². The molecule has 0 atom stereocenters. The molecule has 0 saturated heterocycles. The average molecular weight is 267 g/mol. The summed E-state index contributed by atoms with van der Waals surface area (Å²) in [5.74, 6) is 0.902. The van der Waals surface area contributed by atoms with E-state index >= 15 is 0 Å². The zero-order valence-corrected chi connectivity index (χ0v) is 11.2. The van der Waals surface area contributed by atoms with Crippen molar-refractivity contribution in [1.29, 1.82) is 0 Å². The maximum Gasteiger partial charge on any atom is 0.119 e. The predicted octanol–water partition coefficient (Wildman–Crippen LogP) is 3.54. The van der Waals surface area contributed by atoms with E-state index in [1.54, 1.807) is 0 Å². The average Bonchev–Trinajstić information content (AvgIpc) is 2.91. The first kappa shape index (κ1) is 12.6. The molecule has 0 spiro atoms. The van der Waals surface area contributed by atoms with Gasteiger partial charge in [-0.3, -0.25) is 0 Å². The second-order valence-electron chi connectivity index (χ2n) is 4.55. The minimum absolute atomic E-state index is 0.630. The van der Waals surface area contributed by atoms with E-state index in [2.05, 4.69) is 18.2 Å². The highest BCUT2D eigenvalue weighted by molar-refractivity contribution is 5.79. The Balaban J connectivity index is 1.46. The van der Waals surface area contributed by atoms with Gasteiger partial charge in [-0.05, 0) is 24.3 Å². The van der Waals surface area contributed by atoms with Crippen LogP contribution in [0.3, 0.4) is 0 Å².